The van der Waals surface area contributed by atoms with Crippen molar-refractivity contribution in [3.8, 4) is 17.2 Å². The lowest BCUT2D eigenvalue weighted by Crippen LogP contribution is -2.44. The van der Waals surface area contributed by atoms with E-state index in [-0.39, 0.29) is 24.0 Å². The molecule has 3 rings (SSSR count). The summed E-state index contributed by atoms with van der Waals surface area (Å²) in [6.45, 7) is 6.91. The lowest BCUT2D eigenvalue weighted by atomic mass is 10.0. The molecule has 10 heteroatoms. The number of rotatable bonds is 14. The van der Waals surface area contributed by atoms with Gasteiger partial charge in [0.05, 0.1) is 20.8 Å². The van der Waals surface area contributed by atoms with Crippen LogP contribution in [0.25, 0.3) is 0 Å². The van der Waals surface area contributed by atoms with Crippen LogP contribution in [0.1, 0.15) is 36.2 Å². The third kappa shape index (κ3) is 8.76. The summed E-state index contributed by atoms with van der Waals surface area (Å²) >= 11 is 0. The monoisotopic (exact) mass is 543 g/mol. The highest BCUT2D eigenvalue weighted by Crippen LogP contribution is 2.29. The van der Waals surface area contributed by atoms with Gasteiger partial charge in [0, 0.05) is 63.8 Å². The Hall–Kier alpha value is -3.50. The number of hydrogen-bond donors (Lipinski definition) is 2. The molecule has 2 aromatic rings. The van der Waals surface area contributed by atoms with E-state index in [1.807, 2.05) is 38.1 Å². The van der Waals surface area contributed by atoms with Crippen LogP contribution in [0.4, 0.5) is 4.79 Å². The molecule has 2 atom stereocenters. The number of amides is 2. The number of nitrogens with one attached hydrogen (secondary N) is 2. The van der Waals surface area contributed by atoms with Crippen molar-refractivity contribution in [1.82, 2.24) is 15.5 Å². The second kappa shape index (κ2) is 15.2. The molecule has 0 bridgehead atoms. The number of ether oxygens (including phenoxy) is 5. The summed E-state index contributed by atoms with van der Waals surface area (Å²) in [7, 11) is 4.81. The molecule has 1 aliphatic heterocycles. The topological polar surface area (TPSA) is 108 Å². The molecule has 2 aromatic carbocycles. The zero-order chi connectivity index (χ0) is 28.2. The van der Waals surface area contributed by atoms with E-state index in [0.29, 0.717) is 56.5 Å². The van der Waals surface area contributed by atoms with Crippen LogP contribution < -0.4 is 24.8 Å². The van der Waals surface area contributed by atoms with Gasteiger partial charge in [-0.1, -0.05) is 12.1 Å². The van der Waals surface area contributed by atoms with Crippen molar-refractivity contribution in [2.24, 2.45) is 5.92 Å². The highest BCUT2D eigenvalue weighted by Gasteiger charge is 2.34. The number of methoxy groups -OCH3 is 3. The normalized spacial score (nSPS) is 16.6. The molecule has 39 heavy (non-hydrogen) atoms. The van der Waals surface area contributed by atoms with Crippen LogP contribution in [0.5, 0.6) is 17.2 Å². The summed E-state index contributed by atoms with van der Waals surface area (Å²) in [4.78, 5) is 28.0. The summed E-state index contributed by atoms with van der Waals surface area (Å²) in [5.41, 5.74) is 1.41. The zero-order valence-electron chi connectivity index (χ0n) is 23.5. The van der Waals surface area contributed by atoms with Gasteiger partial charge >= 0.3 is 6.09 Å². The van der Waals surface area contributed by atoms with Crippen LogP contribution in [0.15, 0.2) is 42.5 Å². The quantitative estimate of drug-likeness (QED) is 0.349. The third-order valence-electron chi connectivity index (χ3n) is 6.58. The lowest BCUT2D eigenvalue weighted by Gasteiger charge is -2.31. The van der Waals surface area contributed by atoms with E-state index in [1.165, 1.54) is 0 Å². The highest BCUT2D eigenvalue weighted by atomic mass is 16.6. The number of nitrogens with zero attached hydrogens (tertiary/aromatic N) is 1. The fraction of sp³-hybridized carbons (Fsp3) is 0.517. The number of benzene rings is 2. The number of hydrogen-bond acceptors (Lipinski definition) is 8. The van der Waals surface area contributed by atoms with Gasteiger partial charge in [0.15, 0.2) is 11.5 Å². The largest absolute Gasteiger partial charge is 0.497 e. The van der Waals surface area contributed by atoms with Crippen LogP contribution in [-0.4, -0.2) is 83.2 Å². The first-order valence-electron chi connectivity index (χ1n) is 13.2. The minimum atomic E-state index is -0.496. The Morgan fingerprint density at radius 1 is 1.03 bits per heavy atom. The van der Waals surface area contributed by atoms with Crippen LogP contribution in [-0.2, 0) is 16.0 Å². The summed E-state index contributed by atoms with van der Waals surface area (Å²) < 4.78 is 27.3. The van der Waals surface area contributed by atoms with E-state index in [1.54, 1.807) is 44.4 Å². The van der Waals surface area contributed by atoms with Crippen molar-refractivity contribution in [3.05, 3.63) is 53.6 Å². The third-order valence-corrected chi connectivity index (χ3v) is 6.58. The minimum absolute atomic E-state index is 0.0538. The predicted molar refractivity (Wildman–Crippen MR) is 148 cm³/mol. The molecular formula is C29H41N3O7. The smallest absolute Gasteiger partial charge is 0.407 e. The molecule has 0 aliphatic carbocycles. The van der Waals surface area contributed by atoms with Crippen molar-refractivity contribution in [3.63, 3.8) is 0 Å². The molecule has 1 saturated heterocycles. The van der Waals surface area contributed by atoms with Gasteiger partial charge in [-0.3, -0.25) is 4.79 Å². The van der Waals surface area contributed by atoms with E-state index in [0.717, 1.165) is 17.7 Å². The molecule has 1 unspecified atom stereocenters. The molecule has 214 valence electrons. The first-order chi connectivity index (χ1) is 18.9. The number of carbonyl (C=O) groups excluding carboxylic acids is 2. The first-order valence-corrected chi connectivity index (χ1v) is 13.2. The fourth-order valence-corrected chi connectivity index (χ4v) is 4.42. The Kier molecular flexibility index (Phi) is 11.7. The molecule has 1 aliphatic rings. The van der Waals surface area contributed by atoms with Crippen molar-refractivity contribution in [2.75, 3.05) is 54.2 Å². The summed E-state index contributed by atoms with van der Waals surface area (Å²) in [6, 6.07) is 12.6. The van der Waals surface area contributed by atoms with E-state index in [9.17, 15) is 9.59 Å². The lowest BCUT2D eigenvalue weighted by molar-refractivity contribution is 0.0521. The highest BCUT2D eigenvalue weighted by molar-refractivity contribution is 5.95. The molecule has 10 nitrogen and oxygen atoms in total. The van der Waals surface area contributed by atoms with Gasteiger partial charge in [0.2, 0.25) is 0 Å². The second-order valence-corrected chi connectivity index (χ2v) is 9.68. The molecular weight excluding hydrogens is 502 g/mol. The maximum Gasteiger partial charge on any atom is 0.407 e. The molecule has 2 N–H and O–H groups in total. The van der Waals surface area contributed by atoms with E-state index < -0.39 is 6.09 Å². The minimum Gasteiger partial charge on any atom is -0.497 e. The molecule has 0 saturated carbocycles. The van der Waals surface area contributed by atoms with Crippen LogP contribution in [0.2, 0.25) is 0 Å². The van der Waals surface area contributed by atoms with Gasteiger partial charge in [0.1, 0.15) is 11.9 Å². The van der Waals surface area contributed by atoms with Gasteiger partial charge in [-0.25, -0.2) is 4.79 Å². The van der Waals surface area contributed by atoms with E-state index in [4.69, 9.17) is 23.7 Å². The Balaban J connectivity index is 1.62. The maximum absolute atomic E-state index is 13.6. The van der Waals surface area contributed by atoms with Crippen LogP contribution >= 0.6 is 0 Å². The summed E-state index contributed by atoms with van der Waals surface area (Å²) in [5, 5.41) is 6.10. The average Bonchev–Trinajstić information content (AvgIpc) is 3.38. The molecule has 0 aromatic heterocycles. The van der Waals surface area contributed by atoms with Crippen molar-refractivity contribution < 1.29 is 33.3 Å². The summed E-state index contributed by atoms with van der Waals surface area (Å²) in [6.07, 6.45) is -0.136. The molecule has 1 heterocycles. The van der Waals surface area contributed by atoms with Gasteiger partial charge in [0.25, 0.3) is 5.91 Å². The van der Waals surface area contributed by atoms with E-state index >= 15 is 0 Å². The fourth-order valence-electron chi connectivity index (χ4n) is 4.42. The van der Waals surface area contributed by atoms with Crippen molar-refractivity contribution in [2.45, 2.75) is 39.0 Å². The Bertz CT molecular complexity index is 1080. The van der Waals surface area contributed by atoms with E-state index in [2.05, 4.69) is 10.6 Å². The molecule has 0 radical (unpaired) electrons. The average molecular weight is 544 g/mol. The van der Waals surface area contributed by atoms with Gasteiger partial charge < -0.3 is 39.2 Å². The Morgan fingerprint density at radius 2 is 1.85 bits per heavy atom. The Labute approximate surface area is 230 Å². The van der Waals surface area contributed by atoms with Gasteiger partial charge in [-0.05, 0) is 49.7 Å². The predicted octanol–water partition coefficient (Wildman–Crippen LogP) is 3.48. The molecule has 0 spiro atoms. The number of carbonyl (C=O) groups is 2. The standard InChI is InChI=1S/C29H41N3O7/c1-20(2)32(28(33)22-10-11-25(37-5)26(15-22)38-13-7-12-35-3)19-23-17-30-18-27(23)39-29(34)31-16-21-8-6-9-24(14-21)36-4/h6,8-11,14-15,20,23,27,30H,7,12-13,16-19H2,1-5H3,(H,31,34)/t23-,27?/m0/s1. The van der Waals surface area contributed by atoms with Crippen molar-refractivity contribution in [1.29, 1.82) is 0 Å². The zero-order valence-corrected chi connectivity index (χ0v) is 23.5. The first kappa shape index (κ1) is 30.0. The Morgan fingerprint density at radius 3 is 2.56 bits per heavy atom. The molecule has 2 amide bonds. The van der Waals surface area contributed by atoms with Crippen LogP contribution in [0, 0.1) is 5.92 Å². The molecule has 1 fully saturated rings. The SMILES string of the molecule is COCCCOc1cc(C(=O)N(C[C@@H]2CNCC2OC(=O)NCc2cccc(OC)c2)C(C)C)ccc1OC. The second-order valence-electron chi connectivity index (χ2n) is 9.68. The van der Waals surface area contributed by atoms with Gasteiger partial charge in [-0.15, -0.1) is 0 Å². The van der Waals surface area contributed by atoms with Crippen molar-refractivity contribution >= 4 is 12.0 Å². The number of alkyl carbamates (subject to hydrolysis) is 1. The van der Waals surface area contributed by atoms with Crippen LogP contribution in [0.3, 0.4) is 0 Å². The maximum atomic E-state index is 13.6. The van der Waals surface area contributed by atoms with Gasteiger partial charge in [-0.2, -0.15) is 0 Å². The summed E-state index contributed by atoms with van der Waals surface area (Å²) in [5.74, 6) is 1.63.